The first-order valence-electron chi connectivity index (χ1n) is 11.0. The van der Waals surface area contributed by atoms with Gasteiger partial charge < -0.3 is 10.6 Å². The van der Waals surface area contributed by atoms with Crippen LogP contribution in [0.5, 0.6) is 0 Å². The number of carbonyl (C=O) groups is 2. The summed E-state index contributed by atoms with van der Waals surface area (Å²) in [6.45, 7) is 8.96. The molecule has 3 heterocycles. The highest BCUT2D eigenvalue weighted by Crippen LogP contribution is 2.32. The highest BCUT2D eigenvalue weighted by molar-refractivity contribution is 7.15. The van der Waals surface area contributed by atoms with Crippen LogP contribution < -0.4 is 10.6 Å². The number of thiazole rings is 1. The molecule has 4 rings (SSSR count). The van der Waals surface area contributed by atoms with Gasteiger partial charge in [0.15, 0.2) is 0 Å². The van der Waals surface area contributed by atoms with Gasteiger partial charge in [-0.15, -0.1) is 11.3 Å². The summed E-state index contributed by atoms with van der Waals surface area (Å²) in [7, 11) is 0. The molecule has 8 heteroatoms. The molecule has 3 aromatic rings. The average Bonchev–Trinajstić information content (AvgIpc) is 3.36. The summed E-state index contributed by atoms with van der Waals surface area (Å²) in [5.41, 5.74) is 4.80. The van der Waals surface area contributed by atoms with Crippen LogP contribution in [0.2, 0.25) is 0 Å². The van der Waals surface area contributed by atoms with Gasteiger partial charge in [-0.3, -0.25) is 14.3 Å². The van der Waals surface area contributed by atoms with Crippen molar-refractivity contribution in [1.82, 2.24) is 25.4 Å². The van der Waals surface area contributed by atoms with Gasteiger partial charge in [0.25, 0.3) is 5.91 Å². The summed E-state index contributed by atoms with van der Waals surface area (Å²) in [5, 5.41) is 11.4. The Morgan fingerprint density at radius 2 is 2.00 bits per heavy atom. The van der Waals surface area contributed by atoms with Crippen LogP contribution in [0.1, 0.15) is 58.5 Å². The number of benzene rings is 1. The largest absolute Gasteiger partial charge is 0.356 e. The third-order valence-corrected chi connectivity index (χ3v) is 7.33. The molecule has 0 fully saturated rings. The number of hydrogen-bond donors (Lipinski definition) is 2. The van der Waals surface area contributed by atoms with E-state index >= 15 is 0 Å². The summed E-state index contributed by atoms with van der Waals surface area (Å²) in [5.74, 6) is 0.164. The maximum atomic E-state index is 13.1. The van der Waals surface area contributed by atoms with Crippen molar-refractivity contribution in [2.45, 2.75) is 53.1 Å². The number of aromatic nitrogens is 3. The zero-order valence-electron chi connectivity index (χ0n) is 18.9. The Morgan fingerprint density at radius 3 is 2.72 bits per heavy atom. The van der Waals surface area contributed by atoms with Crippen LogP contribution in [-0.2, 0) is 17.8 Å². The molecule has 1 aliphatic rings. The topological polar surface area (TPSA) is 88.9 Å². The minimum atomic E-state index is -0.159. The Labute approximate surface area is 192 Å². The normalized spacial score (nSPS) is 16.3. The molecule has 1 aliphatic heterocycles. The van der Waals surface area contributed by atoms with Gasteiger partial charge in [0.05, 0.1) is 34.1 Å². The molecule has 2 N–H and O–H groups in total. The number of fused-ring (bicyclic) bond motifs is 1. The van der Waals surface area contributed by atoms with Crippen LogP contribution in [0.25, 0.3) is 10.6 Å². The predicted octanol–water partition coefficient (Wildman–Crippen LogP) is 3.81. The van der Waals surface area contributed by atoms with E-state index in [0.717, 1.165) is 46.2 Å². The van der Waals surface area contributed by atoms with Crippen LogP contribution in [0.15, 0.2) is 30.5 Å². The summed E-state index contributed by atoms with van der Waals surface area (Å²) in [4.78, 5) is 30.1. The van der Waals surface area contributed by atoms with Crippen LogP contribution in [0, 0.1) is 19.8 Å². The van der Waals surface area contributed by atoms with Gasteiger partial charge in [0, 0.05) is 25.6 Å². The van der Waals surface area contributed by atoms with Crippen molar-refractivity contribution in [2.24, 2.45) is 5.92 Å². The molecule has 2 atom stereocenters. The highest BCUT2D eigenvalue weighted by Gasteiger charge is 2.26. The van der Waals surface area contributed by atoms with Crippen LogP contribution in [0.3, 0.4) is 0 Å². The van der Waals surface area contributed by atoms with Crippen molar-refractivity contribution in [3.05, 3.63) is 57.9 Å². The number of amides is 2. The lowest BCUT2D eigenvalue weighted by molar-refractivity contribution is -0.119. The lowest BCUT2D eigenvalue weighted by Crippen LogP contribution is -2.33. The van der Waals surface area contributed by atoms with E-state index in [2.05, 4.69) is 46.9 Å². The lowest BCUT2D eigenvalue weighted by Gasteiger charge is -2.24. The van der Waals surface area contributed by atoms with E-state index in [1.807, 2.05) is 18.5 Å². The van der Waals surface area contributed by atoms with E-state index in [9.17, 15) is 9.59 Å². The van der Waals surface area contributed by atoms with Gasteiger partial charge in [0.2, 0.25) is 5.91 Å². The third kappa shape index (κ3) is 4.75. The molecule has 2 unspecified atom stereocenters. The van der Waals surface area contributed by atoms with Crippen molar-refractivity contribution >= 4 is 23.2 Å². The van der Waals surface area contributed by atoms with Crippen LogP contribution >= 0.6 is 11.3 Å². The van der Waals surface area contributed by atoms with Gasteiger partial charge in [-0.05, 0) is 39.5 Å². The van der Waals surface area contributed by atoms with Crippen molar-refractivity contribution in [3.8, 4) is 10.6 Å². The Morgan fingerprint density at radius 1 is 1.25 bits per heavy atom. The van der Waals surface area contributed by atoms with Gasteiger partial charge in [-0.2, -0.15) is 5.10 Å². The fraction of sp³-hybridized carbons (Fsp3) is 0.417. The van der Waals surface area contributed by atoms with E-state index in [1.165, 1.54) is 12.5 Å². The summed E-state index contributed by atoms with van der Waals surface area (Å²) >= 11 is 1.62. The monoisotopic (exact) mass is 451 g/mol. The molecule has 168 valence electrons. The lowest BCUT2D eigenvalue weighted by atomic mass is 9.94. The SMILES string of the molecule is CC(=O)NCC1CCn2ncc(C(=O)NC(C)c3sc(-c4ccc(C)cc4)nc3C)c2C1. The average molecular weight is 452 g/mol. The zero-order valence-corrected chi connectivity index (χ0v) is 19.8. The van der Waals surface area contributed by atoms with Crippen molar-refractivity contribution in [1.29, 1.82) is 0 Å². The van der Waals surface area contributed by atoms with E-state index < -0.39 is 0 Å². The molecule has 1 aromatic carbocycles. The van der Waals surface area contributed by atoms with Crippen LogP contribution in [-0.4, -0.2) is 33.1 Å². The maximum Gasteiger partial charge on any atom is 0.255 e. The number of carbonyl (C=O) groups excluding carboxylic acids is 2. The van der Waals surface area contributed by atoms with E-state index in [0.29, 0.717) is 18.0 Å². The molecule has 0 spiro atoms. The molecule has 2 amide bonds. The van der Waals surface area contributed by atoms with E-state index in [-0.39, 0.29) is 17.9 Å². The van der Waals surface area contributed by atoms with Gasteiger partial charge in [-0.1, -0.05) is 29.8 Å². The zero-order chi connectivity index (χ0) is 22.8. The number of nitrogens with one attached hydrogen (secondary N) is 2. The standard InChI is InChI=1S/C24H29N5O2S/c1-14-5-7-19(8-6-14)24-28-16(3)22(32-24)15(2)27-23(31)20-13-26-29-10-9-18(11-21(20)29)12-25-17(4)30/h5-8,13,15,18H,9-12H2,1-4H3,(H,25,30)(H,27,31). The second-order valence-corrected chi connectivity index (χ2v) is 9.58. The maximum absolute atomic E-state index is 13.1. The fourth-order valence-electron chi connectivity index (χ4n) is 4.12. The summed E-state index contributed by atoms with van der Waals surface area (Å²) < 4.78 is 1.91. The number of aryl methyl sites for hydroxylation is 3. The molecule has 0 saturated carbocycles. The molecule has 0 bridgehead atoms. The number of rotatable bonds is 6. The summed E-state index contributed by atoms with van der Waals surface area (Å²) in [6, 6.07) is 8.17. The molecule has 32 heavy (non-hydrogen) atoms. The first-order chi connectivity index (χ1) is 15.3. The quantitative estimate of drug-likeness (QED) is 0.596. The minimum absolute atomic E-state index is 0.0270. The smallest absolute Gasteiger partial charge is 0.255 e. The fourth-order valence-corrected chi connectivity index (χ4v) is 5.19. The van der Waals surface area contributed by atoms with Crippen molar-refractivity contribution < 1.29 is 9.59 Å². The minimum Gasteiger partial charge on any atom is -0.356 e. The summed E-state index contributed by atoms with van der Waals surface area (Å²) in [6.07, 6.45) is 3.33. The molecular weight excluding hydrogens is 422 g/mol. The molecule has 7 nitrogen and oxygen atoms in total. The van der Waals surface area contributed by atoms with E-state index in [1.54, 1.807) is 17.5 Å². The van der Waals surface area contributed by atoms with Gasteiger partial charge >= 0.3 is 0 Å². The van der Waals surface area contributed by atoms with Gasteiger partial charge in [0.1, 0.15) is 5.01 Å². The Kier molecular flexibility index (Phi) is 6.41. The Balaban J connectivity index is 1.47. The number of nitrogens with zero attached hydrogens (tertiary/aromatic N) is 3. The predicted molar refractivity (Wildman–Crippen MR) is 126 cm³/mol. The first-order valence-corrected chi connectivity index (χ1v) is 11.8. The molecule has 0 saturated heterocycles. The highest BCUT2D eigenvalue weighted by atomic mass is 32.1. The molecular formula is C24H29N5O2S. The first kappa shape index (κ1) is 22.2. The second kappa shape index (κ2) is 9.24. The van der Waals surface area contributed by atoms with E-state index in [4.69, 9.17) is 4.98 Å². The Bertz CT molecular complexity index is 1130. The molecule has 2 aromatic heterocycles. The van der Waals surface area contributed by atoms with Gasteiger partial charge in [-0.25, -0.2) is 4.98 Å². The third-order valence-electron chi connectivity index (χ3n) is 5.94. The second-order valence-electron chi connectivity index (χ2n) is 8.55. The molecule has 0 aliphatic carbocycles. The van der Waals surface area contributed by atoms with Crippen LogP contribution in [0.4, 0.5) is 0 Å². The Hall–Kier alpha value is -3.00. The molecule has 0 radical (unpaired) electrons. The number of hydrogen-bond acceptors (Lipinski definition) is 5. The van der Waals surface area contributed by atoms with Crippen molar-refractivity contribution in [2.75, 3.05) is 6.54 Å². The van der Waals surface area contributed by atoms with Crippen molar-refractivity contribution in [3.63, 3.8) is 0 Å².